The van der Waals surface area contributed by atoms with E-state index in [0.717, 1.165) is 63.2 Å². The molecule has 0 bridgehead atoms. The molecule has 5 aliphatic rings. The van der Waals surface area contributed by atoms with Crippen molar-refractivity contribution in [2.75, 3.05) is 32.7 Å². The van der Waals surface area contributed by atoms with Gasteiger partial charge in [-0.05, 0) is 104 Å². The number of aliphatic hydroxyl groups is 1. The van der Waals surface area contributed by atoms with E-state index in [1.807, 2.05) is 4.42 Å². The third-order valence-corrected chi connectivity index (χ3v) is 11.1. The van der Waals surface area contributed by atoms with Gasteiger partial charge in [-0.2, -0.15) is 0 Å². The number of fused-ring (bicyclic) bond motifs is 5. The molecule has 8 atom stereocenters. The molecule has 4 saturated carbocycles. The molecule has 5 fully saturated rings. The van der Waals surface area contributed by atoms with E-state index in [2.05, 4.69) is 18.7 Å². The van der Waals surface area contributed by atoms with Gasteiger partial charge in [0.25, 0.3) is 0 Å². The van der Waals surface area contributed by atoms with Crippen LogP contribution in [-0.4, -0.2) is 59.0 Å². The number of carbonyl (C=O) groups excluding carboxylic acids is 1. The molecule has 1 N–H and O–H groups in total. The third kappa shape index (κ3) is 3.49. The normalized spacial score (nSPS) is 49.9. The zero-order valence-electron chi connectivity index (χ0n) is 19.0. The van der Waals surface area contributed by atoms with Crippen molar-refractivity contribution in [3.8, 4) is 0 Å². The first-order valence-corrected chi connectivity index (χ1v) is 13.0. The predicted molar refractivity (Wildman–Crippen MR) is 120 cm³/mol. The Hall–Kier alpha value is -0.160. The molecule has 4 nitrogen and oxygen atoms in total. The molecule has 0 amide bonds. The van der Waals surface area contributed by atoms with Gasteiger partial charge in [0.2, 0.25) is 0 Å². The van der Waals surface area contributed by atoms with Crippen molar-refractivity contribution in [2.24, 2.45) is 40.4 Å². The highest BCUT2D eigenvalue weighted by Crippen LogP contribution is 2.67. The summed E-state index contributed by atoms with van der Waals surface area (Å²) >= 11 is 6.10. The van der Waals surface area contributed by atoms with Crippen molar-refractivity contribution in [2.45, 2.75) is 77.7 Å². The lowest BCUT2D eigenvalue weighted by Crippen LogP contribution is -2.54. The molecule has 0 aromatic carbocycles. The number of piperazine rings is 1. The molecule has 0 aromatic rings. The second-order valence-electron chi connectivity index (χ2n) is 11.9. The lowest BCUT2D eigenvalue weighted by Gasteiger charge is -2.60. The van der Waals surface area contributed by atoms with Crippen LogP contribution in [0.15, 0.2) is 0 Å². The Morgan fingerprint density at radius 3 is 2.40 bits per heavy atom. The van der Waals surface area contributed by atoms with Crippen molar-refractivity contribution in [3.05, 3.63) is 0 Å². The Morgan fingerprint density at radius 2 is 1.63 bits per heavy atom. The van der Waals surface area contributed by atoms with Gasteiger partial charge in [0.1, 0.15) is 5.78 Å². The number of hydrogen-bond donors (Lipinski definition) is 1. The average molecular weight is 437 g/mol. The van der Waals surface area contributed by atoms with Crippen LogP contribution >= 0.6 is 11.8 Å². The zero-order valence-corrected chi connectivity index (χ0v) is 19.7. The minimum atomic E-state index is -0.0670. The third-order valence-electron chi connectivity index (χ3n) is 10.7. The molecule has 5 rings (SSSR count). The highest BCUT2D eigenvalue weighted by molar-refractivity contribution is 6.13. The Kier molecular flexibility index (Phi) is 5.78. The van der Waals surface area contributed by atoms with Crippen LogP contribution in [-0.2, 0) is 4.79 Å². The van der Waals surface area contributed by atoms with E-state index in [1.165, 1.54) is 38.5 Å². The molecule has 0 radical (unpaired) electrons. The number of nitrogens with zero attached hydrogens (tertiary/aromatic N) is 2. The highest BCUT2D eigenvalue weighted by atomic mass is 35.5. The number of aliphatic hydroxyl groups excluding tert-OH is 1. The molecule has 4 aliphatic carbocycles. The molecule has 1 saturated heterocycles. The van der Waals surface area contributed by atoms with E-state index in [0.29, 0.717) is 23.7 Å². The summed E-state index contributed by atoms with van der Waals surface area (Å²) < 4.78 is 1.84. The van der Waals surface area contributed by atoms with Gasteiger partial charge in [-0.25, -0.2) is 4.42 Å². The predicted octanol–water partition coefficient (Wildman–Crippen LogP) is 4.35. The van der Waals surface area contributed by atoms with Crippen molar-refractivity contribution < 1.29 is 9.90 Å². The molecule has 0 aromatic heterocycles. The second kappa shape index (κ2) is 8.01. The van der Waals surface area contributed by atoms with Gasteiger partial charge in [-0.15, -0.1) is 0 Å². The maximum absolute atomic E-state index is 13.4. The van der Waals surface area contributed by atoms with Gasteiger partial charge < -0.3 is 5.11 Å². The highest BCUT2D eigenvalue weighted by Gasteiger charge is 2.61. The van der Waals surface area contributed by atoms with Crippen molar-refractivity contribution in [1.29, 1.82) is 0 Å². The Bertz CT molecular complexity index is 666. The Balaban J connectivity index is 1.29. The summed E-state index contributed by atoms with van der Waals surface area (Å²) in [5, 5.41) is 10.2. The van der Waals surface area contributed by atoms with E-state index in [9.17, 15) is 9.90 Å². The van der Waals surface area contributed by atoms with Crippen molar-refractivity contribution in [1.82, 2.24) is 9.32 Å². The SMILES string of the molecule is C[C@]12CC[C@H](O)C[C@@H]1CC[C@@H]1[C@@H]2CC[C@]2(C)[C@@H](C(=O)CN3CCN(Cl)CC3)CC[C@@H]12. The van der Waals surface area contributed by atoms with Crippen LogP contribution in [0.25, 0.3) is 0 Å². The lowest BCUT2D eigenvalue weighted by molar-refractivity contribution is -0.140. The van der Waals surface area contributed by atoms with Gasteiger partial charge in [0.05, 0.1) is 12.6 Å². The van der Waals surface area contributed by atoms with E-state index in [1.54, 1.807) is 0 Å². The van der Waals surface area contributed by atoms with Gasteiger partial charge in [-0.3, -0.25) is 9.69 Å². The summed E-state index contributed by atoms with van der Waals surface area (Å²) in [5.41, 5.74) is 0.636. The van der Waals surface area contributed by atoms with Crippen LogP contribution in [0.2, 0.25) is 0 Å². The van der Waals surface area contributed by atoms with Gasteiger partial charge in [-0.1, -0.05) is 13.8 Å². The minimum absolute atomic E-state index is 0.0670. The van der Waals surface area contributed by atoms with Crippen LogP contribution < -0.4 is 0 Å². The van der Waals surface area contributed by atoms with E-state index in [4.69, 9.17) is 11.8 Å². The fraction of sp³-hybridized carbons (Fsp3) is 0.960. The molecule has 5 heteroatoms. The maximum atomic E-state index is 13.4. The summed E-state index contributed by atoms with van der Waals surface area (Å²) in [6.07, 6.45) is 10.7. The Labute approximate surface area is 187 Å². The monoisotopic (exact) mass is 436 g/mol. The van der Waals surface area contributed by atoms with Crippen LogP contribution in [0.1, 0.15) is 71.6 Å². The summed E-state index contributed by atoms with van der Waals surface area (Å²) in [6, 6.07) is 0. The molecule has 170 valence electrons. The lowest BCUT2D eigenvalue weighted by atomic mass is 9.44. The summed E-state index contributed by atoms with van der Waals surface area (Å²) in [7, 11) is 0. The van der Waals surface area contributed by atoms with E-state index < -0.39 is 0 Å². The Morgan fingerprint density at radius 1 is 0.933 bits per heavy atom. The van der Waals surface area contributed by atoms with Crippen LogP contribution in [0.4, 0.5) is 0 Å². The number of rotatable bonds is 3. The quantitative estimate of drug-likeness (QED) is 0.668. The van der Waals surface area contributed by atoms with Gasteiger partial charge in [0.15, 0.2) is 0 Å². The summed E-state index contributed by atoms with van der Waals surface area (Å²) in [4.78, 5) is 15.7. The second-order valence-corrected chi connectivity index (χ2v) is 12.4. The molecular weight excluding hydrogens is 396 g/mol. The topological polar surface area (TPSA) is 43.8 Å². The summed E-state index contributed by atoms with van der Waals surface area (Å²) in [5.74, 6) is 3.82. The zero-order chi connectivity index (χ0) is 21.1. The van der Waals surface area contributed by atoms with Crippen molar-refractivity contribution >= 4 is 17.6 Å². The number of Topliss-reactive ketones (excluding diaryl/α,β-unsaturated/α-hetero) is 1. The van der Waals surface area contributed by atoms with Crippen LogP contribution in [0.3, 0.4) is 0 Å². The van der Waals surface area contributed by atoms with E-state index in [-0.39, 0.29) is 17.4 Å². The molecule has 1 heterocycles. The minimum Gasteiger partial charge on any atom is -0.393 e. The number of hydrogen-bond acceptors (Lipinski definition) is 4. The first kappa shape index (κ1) is 21.7. The molecular formula is C25H41ClN2O2. The molecule has 30 heavy (non-hydrogen) atoms. The van der Waals surface area contributed by atoms with Gasteiger partial charge >= 0.3 is 0 Å². The molecule has 0 spiro atoms. The first-order valence-electron chi connectivity index (χ1n) is 12.6. The van der Waals surface area contributed by atoms with Gasteiger partial charge in [0, 0.05) is 32.1 Å². The van der Waals surface area contributed by atoms with Crippen LogP contribution in [0, 0.1) is 40.4 Å². The van der Waals surface area contributed by atoms with Crippen LogP contribution in [0.5, 0.6) is 0 Å². The van der Waals surface area contributed by atoms with E-state index >= 15 is 0 Å². The number of ketones is 1. The summed E-state index contributed by atoms with van der Waals surface area (Å²) in [6.45, 7) is 9.20. The average Bonchev–Trinajstić information content (AvgIpc) is 3.07. The van der Waals surface area contributed by atoms with Crippen molar-refractivity contribution in [3.63, 3.8) is 0 Å². The number of carbonyl (C=O) groups is 1. The standard InChI is InChI=1S/C25H41ClN2O2/c1-24-9-7-18(29)15-17(24)3-4-19-20-5-6-22(25(20,2)10-8-21(19)24)23(30)16-27-11-13-28(26)14-12-27/h17-22,29H,3-16H2,1-2H3/t17-,18-,19-,20-,21-,22+,24-,25-/m0/s1. The molecule has 1 aliphatic heterocycles. The fourth-order valence-electron chi connectivity index (χ4n) is 8.98. The number of halogens is 1. The maximum Gasteiger partial charge on any atom is 0.150 e. The first-order chi connectivity index (χ1) is 14.3. The smallest absolute Gasteiger partial charge is 0.150 e. The molecule has 0 unspecified atom stereocenters. The largest absolute Gasteiger partial charge is 0.393 e. The fourth-order valence-corrected chi connectivity index (χ4v) is 9.13.